The first-order valence-corrected chi connectivity index (χ1v) is 15.6. The van der Waals surface area contributed by atoms with Gasteiger partial charge in [0, 0.05) is 39.3 Å². The second kappa shape index (κ2) is 14.6. The molecule has 1 aliphatic rings. The average Bonchev–Trinajstić information content (AvgIpc) is 3.67. The monoisotopic (exact) mass is 570 g/mol. The summed E-state index contributed by atoms with van der Waals surface area (Å²) in [5, 5.41) is 26.2. The Labute approximate surface area is 250 Å². The van der Waals surface area contributed by atoms with Crippen LogP contribution in [0.4, 0.5) is 0 Å². The Morgan fingerprint density at radius 1 is 0.571 bits per heavy atom. The van der Waals surface area contributed by atoms with Crippen molar-refractivity contribution >= 4 is 0 Å². The number of hydrogen-bond donors (Lipinski definition) is 0. The van der Waals surface area contributed by atoms with E-state index in [0.29, 0.717) is 11.8 Å². The summed E-state index contributed by atoms with van der Waals surface area (Å²) in [6.07, 6.45) is 3.88. The fourth-order valence-electron chi connectivity index (χ4n) is 6.07. The maximum atomic E-state index is 4.56. The third kappa shape index (κ3) is 7.86. The largest absolute Gasteiger partial charge is 0.291 e. The molecule has 2 atom stereocenters. The highest BCUT2D eigenvalue weighted by molar-refractivity contribution is 5.15. The first-order valence-electron chi connectivity index (χ1n) is 15.6. The first kappa shape index (κ1) is 30.0. The average molecular weight is 571 g/mol. The van der Waals surface area contributed by atoms with Gasteiger partial charge in [0.15, 0.2) is 11.6 Å². The number of aryl methyl sites for hydroxylation is 4. The van der Waals surface area contributed by atoms with E-state index in [1.165, 1.54) is 11.1 Å². The lowest BCUT2D eigenvalue weighted by molar-refractivity contribution is 0.0472. The third-order valence-corrected chi connectivity index (χ3v) is 8.25. The van der Waals surface area contributed by atoms with Crippen molar-refractivity contribution in [3.05, 3.63) is 83.4 Å². The first-order chi connectivity index (χ1) is 20.5. The second-order valence-electron chi connectivity index (χ2n) is 12.4. The van der Waals surface area contributed by atoms with E-state index in [4.69, 9.17) is 0 Å². The van der Waals surface area contributed by atoms with E-state index in [-0.39, 0.29) is 12.1 Å². The Morgan fingerprint density at radius 2 is 0.952 bits per heavy atom. The zero-order valence-corrected chi connectivity index (χ0v) is 25.6. The minimum Gasteiger partial charge on any atom is -0.291 e. The summed E-state index contributed by atoms with van der Waals surface area (Å²) < 4.78 is 4.05. The van der Waals surface area contributed by atoms with Gasteiger partial charge >= 0.3 is 0 Å². The molecule has 3 heterocycles. The standard InChI is InChI=1S/C32H46N10/c1-25(2)23-29(31-33-35-37-41(31)17-15-27-11-7-5-8-12-27)39-19-21-40(22-20-39)30(24-26(3)4)32-34-36-38-42(32)18-16-28-13-9-6-10-14-28/h5-14,25-26,29-30H,15-24H2,1-4H3/t29-,30-/m0/s1. The van der Waals surface area contributed by atoms with E-state index in [2.05, 4.69) is 129 Å². The van der Waals surface area contributed by atoms with Crippen LogP contribution in [0.2, 0.25) is 0 Å². The number of piperazine rings is 1. The van der Waals surface area contributed by atoms with Crippen molar-refractivity contribution in [1.29, 1.82) is 0 Å². The molecular formula is C32H46N10. The molecule has 0 radical (unpaired) electrons. The molecule has 0 saturated carbocycles. The Morgan fingerprint density at radius 3 is 1.31 bits per heavy atom. The minimum absolute atomic E-state index is 0.192. The van der Waals surface area contributed by atoms with Crippen molar-refractivity contribution in [3.8, 4) is 0 Å². The van der Waals surface area contributed by atoms with Gasteiger partial charge in [-0.2, -0.15) is 0 Å². The van der Waals surface area contributed by atoms with E-state index >= 15 is 0 Å². The van der Waals surface area contributed by atoms with E-state index in [1.54, 1.807) is 0 Å². The van der Waals surface area contributed by atoms with Gasteiger partial charge in [0.1, 0.15) is 0 Å². The maximum Gasteiger partial charge on any atom is 0.168 e. The van der Waals surface area contributed by atoms with E-state index < -0.39 is 0 Å². The van der Waals surface area contributed by atoms with Crippen LogP contribution in [0.15, 0.2) is 60.7 Å². The Balaban J connectivity index is 1.27. The van der Waals surface area contributed by atoms with Gasteiger partial charge in [-0.3, -0.25) is 9.80 Å². The highest BCUT2D eigenvalue weighted by atomic mass is 15.6. The predicted octanol–water partition coefficient (Wildman–Crippen LogP) is 4.64. The quantitative estimate of drug-likeness (QED) is 0.217. The summed E-state index contributed by atoms with van der Waals surface area (Å²) in [7, 11) is 0. The molecule has 42 heavy (non-hydrogen) atoms. The van der Waals surface area contributed by atoms with Crippen LogP contribution in [0.3, 0.4) is 0 Å². The number of rotatable bonds is 14. The third-order valence-electron chi connectivity index (χ3n) is 8.25. The van der Waals surface area contributed by atoms with Crippen LogP contribution in [0.1, 0.15) is 75.4 Å². The molecule has 10 heteroatoms. The summed E-state index contributed by atoms with van der Waals surface area (Å²) >= 11 is 0. The number of aromatic nitrogens is 8. The molecule has 1 aliphatic heterocycles. The Kier molecular flexibility index (Phi) is 10.4. The molecule has 4 aromatic rings. The number of benzene rings is 2. The van der Waals surface area contributed by atoms with Crippen LogP contribution in [0, 0.1) is 11.8 Å². The van der Waals surface area contributed by atoms with Crippen LogP contribution in [-0.2, 0) is 25.9 Å². The molecule has 0 spiro atoms. The molecule has 224 valence electrons. The van der Waals surface area contributed by atoms with Gasteiger partial charge < -0.3 is 0 Å². The van der Waals surface area contributed by atoms with Crippen molar-refractivity contribution in [3.63, 3.8) is 0 Å². The molecule has 0 amide bonds. The summed E-state index contributed by atoms with van der Waals surface area (Å²) in [6.45, 7) is 14.6. The maximum absolute atomic E-state index is 4.56. The fourth-order valence-corrected chi connectivity index (χ4v) is 6.07. The minimum atomic E-state index is 0.192. The highest BCUT2D eigenvalue weighted by Gasteiger charge is 2.34. The van der Waals surface area contributed by atoms with Crippen molar-refractivity contribution < 1.29 is 0 Å². The molecular weight excluding hydrogens is 524 g/mol. The van der Waals surface area contributed by atoms with Gasteiger partial charge in [0.2, 0.25) is 0 Å². The summed E-state index contributed by atoms with van der Waals surface area (Å²) in [4.78, 5) is 5.18. The molecule has 0 bridgehead atoms. The lowest BCUT2D eigenvalue weighted by Gasteiger charge is -2.42. The SMILES string of the molecule is CC(C)C[C@@H](c1nnnn1CCc1ccccc1)N1CCN([C@@H](CC(C)C)c2nnnn2CCc2ccccc2)CC1. The molecule has 0 N–H and O–H groups in total. The van der Waals surface area contributed by atoms with Gasteiger partial charge in [-0.15, -0.1) is 10.2 Å². The lowest BCUT2D eigenvalue weighted by Crippen LogP contribution is -2.50. The molecule has 0 aliphatic carbocycles. The van der Waals surface area contributed by atoms with E-state index in [0.717, 1.165) is 76.6 Å². The fraction of sp³-hybridized carbons (Fsp3) is 0.562. The zero-order valence-electron chi connectivity index (χ0n) is 25.6. The van der Waals surface area contributed by atoms with Crippen molar-refractivity contribution in [1.82, 2.24) is 50.2 Å². The van der Waals surface area contributed by atoms with Crippen LogP contribution >= 0.6 is 0 Å². The topological polar surface area (TPSA) is 93.7 Å². The summed E-state index contributed by atoms with van der Waals surface area (Å²) in [5.74, 6) is 3.04. The lowest BCUT2D eigenvalue weighted by atomic mass is 9.98. The van der Waals surface area contributed by atoms with E-state index in [9.17, 15) is 0 Å². The van der Waals surface area contributed by atoms with Crippen LogP contribution in [0.5, 0.6) is 0 Å². The van der Waals surface area contributed by atoms with Gasteiger partial charge in [0.05, 0.1) is 12.1 Å². The number of nitrogens with zero attached hydrogens (tertiary/aromatic N) is 10. The highest BCUT2D eigenvalue weighted by Crippen LogP contribution is 2.31. The number of hydrogen-bond acceptors (Lipinski definition) is 8. The normalized spacial score (nSPS) is 16.3. The van der Waals surface area contributed by atoms with Crippen molar-refractivity contribution in [2.24, 2.45) is 11.8 Å². The van der Waals surface area contributed by atoms with Gasteiger partial charge in [-0.05, 0) is 69.5 Å². The smallest absolute Gasteiger partial charge is 0.168 e. The molecule has 2 aromatic carbocycles. The predicted molar refractivity (Wildman–Crippen MR) is 163 cm³/mol. The van der Waals surface area contributed by atoms with Crippen molar-refractivity contribution in [2.75, 3.05) is 26.2 Å². The molecule has 0 unspecified atom stereocenters. The van der Waals surface area contributed by atoms with Crippen LogP contribution in [-0.4, -0.2) is 76.4 Å². The molecule has 1 saturated heterocycles. The summed E-state index contributed by atoms with van der Waals surface area (Å²) in [6, 6.07) is 21.5. The number of tetrazole rings is 2. The molecule has 2 aromatic heterocycles. The van der Waals surface area contributed by atoms with Crippen LogP contribution in [0.25, 0.3) is 0 Å². The Bertz CT molecular complexity index is 1220. The zero-order chi connectivity index (χ0) is 29.3. The van der Waals surface area contributed by atoms with Gasteiger partial charge in [0.25, 0.3) is 0 Å². The van der Waals surface area contributed by atoms with Gasteiger partial charge in [-0.25, -0.2) is 9.36 Å². The van der Waals surface area contributed by atoms with E-state index in [1.807, 2.05) is 9.36 Å². The van der Waals surface area contributed by atoms with Crippen LogP contribution < -0.4 is 0 Å². The second-order valence-corrected chi connectivity index (χ2v) is 12.4. The van der Waals surface area contributed by atoms with Crippen molar-refractivity contribution in [2.45, 2.75) is 78.6 Å². The molecule has 5 rings (SSSR count). The van der Waals surface area contributed by atoms with Gasteiger partial charge in [-0.1, -0.05) is 88.4 Å². The summed E-state index contributed by atoms with van der Waals surface area (Å²) in [5.41, 5.74) is 2.60. The molecule has 10 nitrogen and oxygen atoms in total. The Hall–Kier alpha value is -3.50. The molecule has 1 fully saturated rings.